The van der Waals surface area contributed by atoms with Crippen LogP contribution >= 0.6 is 11.6 Å². The predicted molar refractivity (Wildman–Crippen MR) is 83.2 cm³/mol. The van der Waals surface area contributed by atoms with E-state index in [0.717, 1.165) is 23.5 Å². The molecular formula is C17H12ClF3N2. The van der Waals surface area contributed by atoms with Gasteiger partial charge in [0.1, 0.15) is 0 Å². The van der Waals surface area contributed by atoms with Gasteiger partial charge >= 0.3 is 5.92 Å². The van der Waals surface area contributed by atoms with Gasteiger partial charge in [0.2, 0.25) is 0 Å². The normalized spacial score (nSPS) is 13.0. The fourth-order valence-electron chi connectivity index (χ4n) is 2.26. The molecule has 2 nitrogen and oxygen atoms in total. The Hall–Kier alpha value is -2.27. The summed E-state index contributed by atoms with van der Waals surface area (Å²) in [7, 11) is 0. The standard InChI is InChI=1S/C17H12ClF3N2/c18-15-10-22-23(11-15)16(19)17(20,21)14-8-6-13(7-9-14)12-4-2-1-3-5-12/h1-11,16H. The molecule has 6 heteroatoms. The van der Waals surface area contributed by atoms with Gasteiger partial charge in [0.25, 0.3) is 6.30 Å². The van der Waals surface area contributed by atoms with Crippen LogP contribution in [-0.4, -0.2) is 9.78 Å². The molecule has 0 amide bonds. The van der Waals surface area contributed by atoms with E-state index in [0.29, 0.717) is 4.68 Å². The molecule has 1 unspecified atom stereocenters. The van der Waals surface area contributed by atoms with E-state index in [9.17, 15) is 13.2 Å². The Labute approximate surface area is 136 Å². The summed E-state index contributed by atoms with van der Waals surface area (Å²) in [5.74, 6) is -3.72. The molecule has 118 valence electrons. The number of hydrogen-bond acceptors (Lipinski definition) is 1. The maximum absolute atomic E-state index is 14.3. The molecule has 1 atom stereocenters. The summed E-state index contributed by atoms with van der Waals surface area (Å²) in [6.45, 7) is 0. The van der Waals surface area contributed by atoms with Crippen molar-refractivity contribution in [3.05, 3.63) is 77.6 Å². The van der Waals surface area contributed by atoms with Crippen molar-refractivity contribution in [3.63, 3.8) is 0 Å². The fraction of sp³-hybridized carbons (Fsp3) is 0.118. The van der Waals surface area contributed by atoms with Gasteiger partial charge in [-0.25, -0.2) is 9.07 Å². The molecule has 0 saturated heterocycles. The van der Waals surface area contributed by atoms with E-state index in [1.807, 2.05) is 30.3 Å². The maximum Gasteiger partial charge on any atom is 0.323 e. The topological polar surface area (TPSA) is 17.8 Å². The van der Waals surface area contributed by atoms with Crippen LogP contribution in [0, 0.1) is 0 Å². The Bertz CT molecular complexity index is 785. The van der Waals surface area contributed by atoms with Crippen LogP contribution in [0.4, 0.5) is 13.2 Å². The van der Waals surface area contributed by atoms with Crippen molar-refractivity contribution in [2.75, 3.05) is 0 Å². The minimum Gasteiger partial charge on any atom is -0.231 e. The van der Waals surface area contributed by atoms with E-state index in [2.05, 4.69) is 5.10 Å². The van der Waals surface area contributed by atoms with E-state index in [1.165, 1.54) is 12.1 Å². The lowest BCUT2D eigenvalue weighted by molar-refractivity contribution is -0.117. The number of nitrogens with zero attached hydrogens (tertiary/aromatic N) is 2. The molecule has 1 heterocycles. The van der Waals surface area contributed by atoms with Gasteiger partial charge in [0.05, 0.1) is 11.2 Å². The van der Waals surface area contributed by atoms with Gasteiger partial charge in [0.15, 0.2) is 0 Å². The average molecular weight is 337 g/mol. The summed E-state index contributed by atoms with van der Waals surface area (Å²) >= 11 is 5.59. The van der Waals surface area contributed by atoms with E-state index in [-0.39, 0.29) is 5.02 Å². The second-order valence-electron chi connectivity index (χ2n) is 5.04. The molecule has 0 aliphatic carbocycles. The van der Waals surface area contributed by atoms with Gasteiger partial charge in [-0.15, -0.1) is 0 Å². The second-order valence-corrected chi connectivity index (χ2v) is 5.48. The number of benzene rings is 2. The Morgan fingerprint density at radius 3 is 2.13 bits per heavy atom. The molecule has 3 aromatic rings. The number of alkyl halides is 3. The van der Waals surface area contributed by atoms with Crippen molar-refractivity contribution in [1.29, 1.82) is 0 Å². The number of rotatable bonds is 4. The zero-order valence-electron chi connectivity index (χ0n) is 11.8. The molecule has 0 aliphatic heterocycles. The van der Waals surface area contributed by atoms with Crippen molar-refractivity contribution in [1.82, 2.24) is 9.78 Å². The summed E-state index contributed by atoms with van der Waals surface area (Å²) in [4.78, 5) is 0. The third-order valence-corrected chi connectivity index (χ3v) is 3.67. The van der Waals surface area contributed by atoms with E-state index in [4.69, 9.17) is 11.6 Å². The third-order valence-electron chi connectivity index (χ3n) is 3.48. The molecular weight excluding hydrogens is 325 g/mol. The van der Waals surface area contributed by atoms with Crippen molar-refractivity contribution < 1.29 is 13.2 Å². The van der Waals surface area contributed by atoms with Crippen molar-refractivity contribution in [2.24, 2.45) is 0 Å². The van der Waals surface area contributed by atoms with Gasteiger partial charge in [-0.2, -0.15) is 13.9 Å². The van der Waals surface area contributed by atoms with Crippen LogP contribution in [0.25, 0.3) is 11.1 Å². The molecule has 0 saturated carbocycles. The minimum absolute atomic E-state index is 0.0999. The Morgan fingerprint density at radius 1 is 0.957 bits per heavy atom. The zero-order chi connectivity index (χ0) is 16.4. The van der Waals surface area contributed by atoms with Gasteiger partial charge in [-0.3, -0.25) is 0 Å². The zero-order valence-corrected chi connectivity index (χ0v) is 12.6. The largest absolute Gasteiger partial charge is 0.323 e. The first-order chi connectivity index (χ1) is 11.0. The summed E-state index contributed by atoms with van der Waals surface area (Å²) in [6, 6.07) is 14.9. The SMILES string of the molecule is FC(n1cc(Cl)cn1)C(F)(F)c1ccc(-c2ccccc2)cc1. The number of aromatic nitrogens is 2. The highest BCUT2D eigenvalue weighted by Gasteiger charge is 2.43. The van der Waals surface area contributed by atoms with Crippen LogP contribution in [0.5, 0.6) is 0 Å². The van der Waals surface area contributed by atoms with Gasteiger partial charge < -0.3 is 0 Å². The lowest BCUT2D eigenvalue weighted by Gasteiger charge is -2.21. The molecule has 23 heavy (non-hydrogen) atoms. The maximum atomic E-state index is 14.3. The lowest BCUT2D eigenvalue weighted by atomic mass is 10.0. The van der Waals surface area contributed by atoms with Crippen LogP contribution in [-0.2, 0) is 5.92 Å². The van der Waals surface area contributed by atoms with Crippen LogP contribution < -0.4 is 0 Å². The van der Waals surface area contributed by atoms with Crippen LogP contribution in [0.15, 0.2) is 67.0 Å². The molecule has 0 spiro atoms. The smallest absolute Gasteiger partial charge is 0.231 e. The molecule has 0 aliphatic rings. The monoisotopic (exact) mass is 336 g/mol. The number of halogens is 4. The van der Waals surface area contributed by atoms with Crippen molar-refractivity contribution >= 4 is 11.6 Å². The first-order valence-corrected chi connectivity index (χ1v) is 7.24. The molecule has 0 radical (unpaired) electrons. The second kappa shape index (κ2) is 6.08. The third kappa shape index (κ3) is 3.10. The Morgan fingerprint density at radius 2 is 1.57 bits per heavy atom. The van der Waals surface area contributed by atoms with E-state index >= 15 is 0 Å². The molecule has 0 fully saturated rings. The van der Waals surface area contributed by atoms with Crippen molar-refractivity contribution in [3.8, 4) is 11.1 Å². The molecule has 0 bridgehead atoms. The van der Waals surface area contributed by atoms with Crippen LogP contribution in [0.3, 0.4) is 0 Å². The highest BCUT2D eigenvalue weighted by molar-refractivity contribution is 6.30. The van der Waals surface area contributed by atoms with Crippen LogP contribution in [0.2, 0.25) is 5.02 Å². The lowest BCUT2D eigenvalue weighted by Crippen LogP contribution is -2.25. The number of hydrogen-bond donors (Lipinski definition) is 0. The molecule has 3 rings (SSSR count). The Kier molecular flexibility index (Phi) is 4.13. The fourth-order valence-corrected chi connectivity index (χ4v) is 2.40. The van der Waals surface area contributed by atoms with Gasteiger partial charge in [-0.05, 0) is 11.1 Å². The quantitative estimate of drug-likeness (QED) is 0.618. The van der Waals surface area contributed by atoms with Gasteiger partial charge in [-0.1, -0.05) is 66.2 Å². The first-order valence-electron chi connectivity index (χ1n) is 6.86. The molecule has 1 aromatic heterocycles. The summed E-state index contributed by atoms with van der Waals surface area (Å²) in [5, 5.41) is 3.60. The average Bonchev–Trinajstić information content (AvgIpc) is 3.01. The molecule has 2 aromatic carbocycles. The molecule has 0 N–H and O–H groups in total. The van der Waals surface area contributed by atoms with E-state index < -0.39 is 17.8 Å². The summed E-state index contributed by atoms with van der Waals surface area (Å²) < 4.78 is 43.2. The van der Waals surface area contributed by atoms with Crippen molar-refractivity contribution in [2.45, 2.75) is 12.2 Å². The van der Waals surface area contributed by atoms with Gasteiger partial charge in [0, 0.05) is 11.8 Å². The Balaban J connectivity index is 1.88. The predicted octanol–water partition coefficient (Wildman–Crippen LogP) is 5.46. The van der Waals surface area contributed by atoms with Crippen LogP contribution in [0.1, 0.15) is 11.9 Å². The summed E-state index contributed by atoms with van der Waals surface area (Å²) in [5.41, 5.74) is 1.26. The van der Waals surface area contributed by atoms with E-state index in [1.54, 1.807) is 12.1 Å². The first kappa shape index (κ1) is 15.6. The highest BCUT2D eigenvalue weighted by Crippen LogP contribution is 2.40. The highest BCUT2D eigenvalue weighted by atomic mass is 35.5. The summed E-state index contributed by atoms with van der Waals surface area (Å²) in [6.07, 6.45) is -0.487. The minimum atomic E-state index is -3.72.